The van der Waals surface area contributed by atoms with E-state index in [1.807, 2.05) is 0 Å². The van der Waals surface area contributed by atoms with E-state index in [2.05, 4.69) is 27.7 Å². The predicted octanol–water partition coefficient (Wildman–Crippen LogP) is 3.24. The predicted molar refractivity (Wildman–Crippen MR) is 67.6 cm³/mol. The summed E-state index contributed by atoms with van der Waals surface area (Å²) in [6.45, 7) is 8.62. The first-order valence-electron chi connectivity index (χ1n) is 6.91. The quantitative estimate of drug-likeness (QED) is 0.737. The minimum atomic E-state index is -0.153. The molecule has 2 rings (SSSR count). The van der Waals surface area contributed by atoms with Crippen molar-refractivity contribution < 1.29 is 9.59 Å². The summed E-state index contributed by atoms with van der Waals surface area (Å²) in [4.78, 5) is 24.2. The molecule has 96 valence electrons. The fraction of sp³-hybridized carbons (Fsp3) is 0.867. The number of hydrogen-bond acceptors (Lipinski definition) is 2. The third-order valence-corrected chi connectivity index (χ3v) is 5.13. The Hall–Kier alpha value is -0.660. The van der Waals surface area contributed by atoms with E-state index in [9.17, 15) is 9.59 Å². The van der Waals surface area contributed by atoms with E-state index >= 15 is 0 Å². The molecule has 2 fully saturated rings. The Kier molecular flexibility index (Phi) is 3.17. The molecule has 4 unspecified atom stereocenters. The van der Waals surface area contributed by atoms with E-state index in [4.69, 9.17) is 0 Å². The second-order valence-electron chi connectivity index (χ2n) is 6.74. The highest BCUT2D eigenvalue weighted by Crippen LogP contribution is 2.51. The summed E-state index contributed by atoms with van der Waals surface area (Å²) >= 11 is 0. The van der Waals surface area contributed by atoms with Gasteiger partial charge in [0, 0.05) is 24.7 Å². The van der Waals surface area contributed by atoms with Gasteiger partial charge in [0.15, 0.2) is 0 Å². The van der Waals surface area contributed by atoms with Crippen LogP contribution in [-0.4, -0.2) is 11.6 Å². The van der Waals surface area contributed by atoms with E-state index in [-0.39, 0.29) is 17.3 Å². The highest BCUT2D eigenvalue weighted by Gasteiger charge is 2.51. The van der Waals surface area contributed by atoms with Crippen molar-refractivity contribution in [3.63, 3.8) is 0 Å². The van der Waals surface area contributed by atoms with Crippen LogP contribution in [0.3, 0.4) is 0 Å². The van der Waals surface area contributed by atoms with Crippen molar-refractivity contribution in [2.45, 2.75) is 53.4 Å². The zero-order valence-electron chi connectivity index (χ0n) is 11.5. The Bertz CT molecular complexity index is 311. The van der Waals surface area contributed by atoms with Gasteiger partial charge in [-0.3, -0.25) is 9.59 Å². The monoisotopic (exact) mass is 236 g/mol. The largest absolute Gasteiger partial charge is 0.299 e. The Labute approximate surface area is 104 Å². The first-order valence-corrected chi connectivity index (χ1v) is 6.91. The number of hydrogen-bond donors (Lipinski definition) is 0. The molecule has 0 radical (unpaired) electrons. The third-order valence-electron chi connectivity index (χ3n) is 5.13. The van der Waals surface area contributed by atoms with Gasteiger partial charge in [-0.1, -0.05) is 27.7 Å². The minimum absolute atomic E-state index is 0.0944. The lowest BCUT2D eigenvalue weighted by atomic mass is 9.63. The molecule has 4 atom stereocenters. The molecule has 2 nitrogen and oxygen atoms in total. The number of Topliss-reactive ketones (excluding diaryl/α,β-unsaturated/α-hetero) is 2. The van der Waals surface area contributed by atoms with Gasteiger partial charge in [0.1, 0.15) is 11.6 Å². The molecule has 2 aliphatic carbocycles. The zero-order valence-corrected chi connectivity index (χ0v) is 11.5. The Morgan fingerprint density at radius 2 is 1.24 bits per heavy atom. The molecule has 2 aliphatic rings. The number of ketones is 2. The molecule has 0 saturated heterocycles. The first-order chi connectivity index (χ1) is 7.85. The summed E-state index contributed by atoms with van der Waals surface area (Å²) in [5.41, 5.74) is -0.153. The minimum Gasteiger partial charge on any atom is -0.299 e. The van der Waals surface area contributed by atoms with Crippen molar-refractivity contribution in [1.29, 1.82) is 0 Å². The van der Waals surface area contributed by atoms with Crippen LogP contribution in [0.5, 0.6) is 0 Å². The molecular weight excluding hydrogens is 212 g/mol. The second-order valence-corrected chi connectivity index (χ2v) is 6.74. The fourth-order valence-corrected chi connectivity index (χ4v) is 4.51. The molecule has 0 bridgehead atoms. The Morgan fingerprint density at radius 3 is 1.47 bits per heavy atom. The van der Waals surface area contributed by atoms with Crippen LogP contribution in [0.1, 0.15) is 53.4 Å². The molecule has 0 aromatic heterocycles. The molecule has 0 spiro atoms. The standard InChI is InChI=1S/C15H24O2/c1-9-5-7-11(16)13(9)15(3,4)14-10(2)6-8-12(14)17/h9-10,13-14H,5-8H2,1-4H3. The fourth-order valence-electron chi connectivity index (χ4n) is 4.51. The average molecular weight is 236 g/mol. The van der Waals surface area contributed by atoms with Gasteiger partial charge >= 0.3 is 0 Å². The van der Waals surface area contributed by atoms with Gasteiger partial charge in [0.05, 0.1) is 0 Å². The van der Waals surface area contributed by atoms with Crippen LogP contribution in [0.25, 0.3) is 0 Å². The highest BCUT2D eigenvalue weighted by molar-refractivity contribution is 5.88. The smallest absolute Gasteiger partial charge is 0.136 e. The number of carbonyl (C=O) groups is 2. The number of carbonyl (C=O) groups excluding carboxylic acids is 2. The maximum Gasteiger partial charge on any atom is 0.136 e. The lowest BCUT2D eigenvalue weighted by molar-refractivity contribution is -0.132. The van der Waals surface area contributed by atoms with Crippen LogP contribution in [0.4, 0.5) is 0 Å². The van der Waals surface area contributed by atoms with Crippen molar-refractivity contribution in [2.24, 2.45) is 29.1 Å². The van der Waals surface area contributed by atoms with Crippen LogP contribution in [0.15, 0.2) is 0 Å². The van der Waals surface area contributed by atoms with Crippen LogP contribution in [-0.2, 0) is 9.59 Å². The first kappa shape index (κ1) is 12.8. The van der Waals surface area contributed by atoms with Gasteiger partial charge < -0.3 is 0 Å². The molecule has 0 aromatic carbocycles. The van der Waals surface area contributed by atoms with Gasteiger partial charge in [-0.15, -0.1) is 0 Å². The van der Waals surface area contributed by atoms with E-state index in [0.717, 1.165) is 12.8 Å². The molecule has 0 heterocycles. The van der Waals surface area contributed by atoms with Gasteiger partial charge in [-0.25, -0.2) is 0 Å². The molecule has 2 heteroatoms. The van der Waals surface area contributed by atoms with Crippen molar-refractivity contribution in [2.75, 3.05) is 0 Å². The normalized spacial score (nSPS) is 39.1. The van der Waals surface area contributed by atoms with Crippen molar-refractivity contribution in [3.05, 3.63) is 0 Å². The van der Waals surface area contributed by atoms with E-state index in [0.29, 0.717) is 36.2 Å². The summed E-state index contributed by atoms with van der Waals surface area (Å²) in [7, 11) is 0. The van der Waals surface area contributed by atoms with Crippen molar-refractivity contribution >= 4 is 11.6 Å². The Morgan fingerprint density at radius 1 is 0.882 bits per heavy atom. The van der Waals surface area contributed by atoms with Gasteiger partial charge in [-0.05, 0) is 30.1 Å². The highest BCUT2D eigenvalue weighted by atomic mass is 16.1. The molecule has 0 aromatic rings. The van der Waals surface area contributed by atoms with Crippen LogP contribution in [0, 0.1) is 29.1 Å². The third kappa shape index (κ3) is 1.96. The van der Waals surface area contributed by atoms with Gasteiger partial charge in [-0.2, -0.15) is 0 Å². The summed E-state index contributed by atoms with van der Waals surface area (Å²) in [6, 6.07) is 0. The van der Waals surface area contributed by atoms with Crippen molar-refractivity contribution in [1.82, 2.24) is 0 Å². The van der Waals surface area contributed by atoms with Crippen LogP contribution >= 0.6 is 0 Å². The molecule has 17 heavy (non-hydrogen) atoms. The van der Waals surface area contributed by atoms with Crippen LogP contribution < -0.4 is 0 Å². The molecular formula is C15H24O2. The summed E-state index contributed by atoms with van der Waals surface area (Å²) < 4.78 is 0. The lowest BCUT2D eigenvalue weighted by Gasteiger charge is -2.40. The van der Waals surface area contributed by atoms with E-state index in [1.165, 1.54) is 0 Å². The SMILES string of the molecule is CC1CCC(=O)C1C(C)(C)C1C(=O)CCC1C. The molecule has 0 N–H and O–H groups in total. The summed E-state index contributed by atoms with van der Waals surface area (Å²) in [5.74, 6) is 1.84. The topological polar surface area (TPSA) is 34.1 Å². The lowest BCUT2D eigenvalue weighted by Crippen LogP contribution is -2.41. The second kappa shape index (κ2) is 4.22. The van der Waals surface area contributed by atoms with E-state index in [1.54, 1.807) is 0 Å². The molecule has 0 aliphatic heterocycles. The Balaban J connectivity index is 2.28. The van der Waals surface area contributed by atoms with Gasteiger partial charge in [0.25, 0.3) is 0 Å². The maximum absolute atomic E-state index is 12.1. The zero-order chi connectivity index (χ0) is 12.8. The summed E-state index contributed by atoms with van der Waals surface area (Å²) in [6.07, 6.45) is 3.43. The maximum atomic E-state index is 12.1. The van der Waals surface area contributed by atoms with Gasteiger partial charge in [0.2, 0.25) is 0 Å². The molecule has 2 saturated carbocycles. The van der Waals surface area contributed by atoms with Crippen LogP contribution in [0.2, 0.25) is 0 Å². The molecule has 0 amide bonds. The summed E-state index contributed by atoms with van der Waals surface area (Å²) in [5, 5.41) is 0. The van der Waals surface area contributed by atoms with Crippen molar-refractivity contribution in [3.8, 4) is 0 Å². The van der Waals surface area contributed by atoms with E-state index < -0.39 is 0 Å². The average Bonchev–Trinajstić information content (AvgIpc) is 2.71. The number of rotatable bonds is 2.